The van der Waals surface area contributed by atoms with Gasteiger partial charge in [0.1, 0.15) is 23.4 Å². The lowest BCUT2D eigenvalue weighted by atomic mass is 9.43. The standard InChI is InChI=1S/C25H24F3N2/c1-4-23-14-15(3)24(23,5-2)19-8-6-7-17-18-13-16(25(26,27)28)9-10-20(18)29-11-12-30(23)22(29)21(17)19/h6-13,15H,4-5,14H2,1-3H3/q+1. The molecule has 6 rings (SSSR count). The second kappa shape index (κ2) is 5.37. The van der Waals surface area contributed by atoms with E-state index in [9.17, 15) is 13.2 Å². The number of alkyl halides is 3. The maximum atomic E-state index is 13.5. The Hall–Kier alpha value is -2.56. The third-order valence-corrected chi connectivity index (χ3v) is 8.38. The van der Waals surface area contributed by atoms with Crippen molar-refractivity contribution < 1.29 is 17.7 Å². The summed E-state index contributed by atoms with van der Waals surface area (Å²) in [4.78, 5) is 0. The molecule has 1 saturated carbocycles. The number of aromatic nitrogens is 2. The number of rotatable bonds is 2. The van der Waals surface area contributed by atoms with Crippen molar-refractivity contribution in [1.29, 1.82) is 0 Å². The van der Waals surface area contributed by atoms with E-state index in [0.717, 1.165) is 41.2 Å². The molecule has 2 aromatic heterocycles. The molecule has 0 amide bonds. The van der Waals surface area contributed by atoms with E-state index in [1.54, 1.807) is 6.07 Å². The number of imidazole rings is 1. The lowest BCUT2D eigenvalue weighted by Crippen LogP contribution is -2.77. The number of hydrogen-bond acceptors (Lipinski definition) is 0. The van der Waals surface area contributed by atoms with Crippen LogP contribution in [0.25, 0.3) is 27.3 Å². The number of benzene rings is 2. The van der Waals surface area contributed by atoms with E-state index in [4.69, 9.17) is 0 Å². The monoisotopic (exact) mass is 409 g/mol. The lowest BCUT2D eigenvalue weighted by molar-refractivity contribution is -0.773. The van der Waals surface area contributed by atoms with Crippen molar-refractivity contribution in [3.63, 3.8) is 0 Å². The quantitative estimate of drug-likeness (QED) is 0.269. The molecule has 3 atom stereocenters. The van der Waals surface area contributed by atoms with Crippen LogP contribution in [-0.2, 0) is 17.1 Å². The molecule has 5 heteroatoms. The summed E-state index contributed by atoms with van der Waals surface area (Å²) in [6.07, 6.45) is 3.02. The molecule has 0 N–H and O–H groups in total. The predicted molar refractivity (Wildman–Crippen MR) is 112 cm³/mol. The fraction of sp³-hybridized carbons (Fsp3) is 0.400. The summed E-state index contributed by atoms with van der Waals surface area (Å²) < 4.78 is 45.0. The summed E-state index contributed by atoms with van der Waals surface area (Å²) in [7, 11) is 0. The summed E-state index contributed by atoms with van der Waals surface area (Å²) in [5.41, 5.74) is 2.69. The summed E-state index contributed by atoms with van der Waals surface area (Å²) >= 11 is 0. The van der Waals surface area contributed by atoms with Crippen molar-refractivity contribution in [2.45, 2.75) is 57.2 Å². The zero-order chi connectivity index (χ0) is 21.1. The van der Waals surface area contributed by atoms with E-state index >= 15 is 0 Å². The first kappa shape index (κ1) is 18.2. The lowest BCUT2D eigenvalue weighted by Gasteiger charge is -2.63. The molecule has 1 aliphatic carbocycles. The molecule has 2 aromatic carbocycles. The molecule has 1 fully saturated rings. The molecule has 0 radical (unpaired) electrons. The van der Waals surface area contributed by atoms with Gasteiger partial charge in [-0.25, -0.2) is 4.57 Å². The van der Waals surface area contributed by atoms with Gasteiger partial charge in [0.25, 0.3) is 5.65 Å². The minimum Gasteiger partial charge on any atom is -0.223 e. The molecule has 2 aliphatic rings. The van der Waals surface area contributed by atoms with Crippen LogP contribution in [0.1, 0.15) is 51.2 Å². The molecule has 2 nitrogen and oxygen atoms in total. The van der Waals surface area contributed by atoms with Crippen LogP contribution >= 0.6 is 0 Å². The Bertz CT molecular complexity index is 1370. The molecule has 4 aromatic rings. The maximum absolute atomic E-state index is 13.5. The Morgan fingerprint density at radius 2 is 1.90 bits per heavy atom. The van der Waals surface area contributed by atoms with Crippen molar-refractivity contribution in [1.82, 2.24) is 4.40 Å². The third-order valence-electron chi connectivity index (χ3n) is 8.38. The largest absolute Gasteiger partial charge is 0.416 e. The molecular formula is C25H24F3N2+. The second-order valence-electron chi connectivity index (χ2n) is 9.13. The third kappa shape index (κ3) is 1.74. The Morgan fingerprint density at radius 1 is 1.10 bits per heavy atom. The Balaban J connectivity index is 1.87. The highest BCUT2D eigenvalue weighted by Crippen LogP contribution is 2.64. The average Bonchev–Trinajstić information content (AvgIpc) is 3.17. The molecule has 3 heterocycles. The van der Waals surface area contributed by atoms with Crippen molar-refractivity contribution in [3.8, 4) is 0 Å². The van der Waals surface area contributed by atoms with Gasteiger partial charge in [0.15, 0.2) is 0 Å². The highest BCUT2D eigenvalue weighted by Gasteiger charge is 2.69. The van der Waals surface area contributed by atoms with Crippen LogP contribution < -0.4 is 4.57 Å². The molecule has 1 aliphatic heterocycles. The summed E-state index contributed by atoms with van der Waals surface area (Å²) in [5, 5.41) is 2.70. The highest BCUT2D eigenvalue weighted by atomic mass is 19.4. The van der Waals surface area contributed by atoms with Crippen LogP contribution in [0.3, 0.4) is 0 Å². The first-order valence-corrected chi connectivity index (χ1v) is 10.8. The summed E-state index contributed by atoms with van der Waals surface area (Å²) in [6, 6.07) is 10.4. The van der Waals surface area contributed by atoms with Gasteiger partial charge in [-0.05, 0) is 48.9 Å². The molecule has 154 valence electrons. The van der Waals surface area contributed by atoms with Gasteiger partial charge in [-0.15, -0.1) is 0 Å². The minimum atomic E-state index is -4.36. The first-order chi connectivity index (χ1) is 14.3. The van der Waals surface area contributed by atoms with E-state index in [2.05, 4.69) is 42.0 Å². The summed E-state index contributed by atoms with van der Waals surface area (Å²) in [5.74, 6) is 0.529. The smallest absolute Gasteiger partial charge is 0.223 e. The SMILES string of the molecule is CCC12c3cccc4c5cc(C(F)(F)F)ccc5n5cc[n+](c5c34)C1(CC)CC2C. The average molecular weight is 409 g/mol. The van der Waals surface area contributed by atoms with E-state index < -0.39 is 11.7 Å². The van der Waals surface area contributed by atoms with E-state index in [1.807, 2.05) is 18.3 Å². The molecule has 0 saturated heterocycles. The van der Waals surface area contributed by atoms with Gasteiger partial charge in [-0.3, -0.25) is 0 Å². The Kier molecular flexibility index (Phi) is 3.26. The van der Waals surface area contributed by atoms with Crippen molar-refractivity contribution in [2.24, 2.45) is 5.92 Å². The second-order valence-corrected chi connectivity index (χ2v) is 9.13. The van der Waals surface area contributed by atoms with Crippen molar-refractivity contribution in [2.75, 3.05) is 0 Å². The topological polar surface area (TPSA) is 8.29 Å². The van der Waals surface area contributed by atoms with E-state index in [-0.39, 0.29) is 11.0 Å². The van der Waals surface area contributed by atoms with Crippen LogP contribution in [-0.4, -0.2) is 4.40 Å². The van der Waals surface area contributed by atoms with Gasteiger partial charge in [-0.2, -0.15) is 17.6 Å². The van der Waals surface area contributed by atoms with Crippen LogP contribution in [0.2, 0.25) is 0 Å². The van der Waals surface area contributed by atoms with Crippen LogP contribution in [0.15, 0.2) is 48.8 Å². The van der Waals surface area contributed by atoms with Gasteiger partial charge in [0, 0.05) is 16.2 Å². The highest BCUT2D eigenvalue weighted by molar-refractivity contribution is 6.13. The number of pyridine rings is 1. The van der Waals surface area contributed by atoms with Gasteiger partial charge in [-0.1, -0.05) is 39.0 Å². The molecule has 0 bridgehead atoms. The van der Waals surface area contributed by atoms with Gasteiger partial charge >= 0.3 is 6.18 Å². The number of halogens is 3. The fourth-order valence-corrected chi connectivity index (χ4v) is 7.22. The summed E-state index contributed by atoms with van der Waals surface area (Å²) in [6.45, 7) is 6.87. The Morgan fingerprint density at radius 3 is 2.57 bits per heavy atom. The minimum absolute atomic E-state index is 0.0100. The van der Waals surface area contributed by atoms with Crippen molar-refractivity contribution in [3.05, 3.63) is 59.9 Å². The van der Waals surface area contributed by atoms with Gasteiger partial charge in [0.05, 0.1) is 10.9 Å². The van der Waals surface area contributed by atoms with Crippen LogP contribution in [0, 0.1) is 5.92 Å². The van der Waals surface area contributed by atoms with Gasteiger partial charge in [0.2, 0.25) is 0 Å². The van der Waals surface area contributed by atoms with Crippen LogP contribution in [0.5, 0.6) is 0 Å². The molecule has 30 heavy (non-hydrogen) atoms. The normalized spacial score (nSPS) is 27.7. The van der Waals surface area contributed by atoms with Crippen molar-refractivity contribution >= 4 is 27.3 Å². The molecule has 3 unspecified atom stereocenters. The fourth-order valence-electron chi connectivity index (χ4n) is 7.22. The Labute approximate surface area is 172 Å². The molecule has 0 spiro atoms. The zero-order valence-electron chi connectivity index (χ0n) is 17.3. The first-order valence-electron chi connectivity index (χ1n) is 10.8. The number of nitrogens with zero attached hydrogens (tertiary/aromatic N) is 2. The maximum Gasteiger partial charge on any atom is 0.416 e. The number of hydrogen-bond donors (Lipinski definition) is 0. The molecular weight excluding hydrogens is 385 g/mol. The van der Waals surface area contributed by atoms with Gasteiger partial charge < -0.3 is 0 Å². The van der Waals surface area contributed by atoms with Crippen LogP contribution in [0.4, 0.5) is 13.2 Å². The number of fused-ring (bicyclic) bond motifs is 6. The zero-order valence-corrected chi connectivity index (χ0v) is 17.3. The van der Waals surface area contributed by atoms with E-state index in [1.165, 1.54) is 17.7 Å². The predicted octanol–water partition coefficient (Wildman–Crippen LogP) is 6.36. The van der Waals surface area contributed by atoms with E-state index in [0.29, 0.717) is 11.3 Å².